The van der Waals surface area contributed by atoms with Gasteiger partial charge in [0.1, 0.15) is 11.5 Å². The minimum Gasteiger partial charge on any atom is -0.461 e. The van der Waals surface area contributed by atoms with Crippen LogP contribution in [0.3, 0.4) is 0 Å². The highest BCUT2D eigenvalue weighted by atomic mass is 35.5. The van der Waals surface area contributed by atoms with Crippen LogP contribution in [0.2, 0.25) is 20.1 Å². The second-order valence-electron chi connectivity index (χ2n) is 5.29. The third-order valence-electron chi connectivity index (χ3n) is 3.54. The van der Waals surface area contributed by atoms with E-state index in [0.717, 1.165) is 5.56 Å². The van der Waals surface area contributed by atoms with Gasteiger partial charge < -0.3 is 9.73 Å². The van der Waals surface area contributed by atoms with Crippen LogP contribution in [0.5, 0.6) is 0 Å². The number of halogens is 4. The molecular weight excluding hydrogens is 404 g/mol. The lowest BCUT2D eigenvalue weighted by Gasteiger charge is -2.06. The molecule has 0 saturated heterocycles. The van der Waals surface area contributed by atoms with Gasteiger partial charge in [-0.25, -0.2) is 0 Å². The zero-order valence-corrected chi connectivity index (χ0v) is 15.9. The summed E-state index contributed by atoms with van der Waals surface area (Å²) >= 11 is 24.0. The minimum absolute atomic E-state index is 0.350. The highest BCUT2D eigenvalue weighted by molar-refractivity contribution is 6.42. The smallest absolute Gasteiger partial charge is 0.259 e. The summed E-state index contributed by atoms with van der Waals surface area (Å²) in [4.78, 5) is 12.5. The second-order valence-corrected chi connectivity index (χ2v) is 6.95. The molecule has 25 heavy (non-hydrogen) atoms. The summed E-state index contributed by atoms with van der Waals surface area (Å²) in [5, 5.41) is 4.45. The second kappa shape index (κ2) is 7.30. The molecule has 0 aliphatic heterocycles. The van der Waals surface area contributed by atoms with Crippen LogP contribution >= 0.6 is 46.4 Å². The Morgan fingerprint density at radius 2 is 1.64 bits per heavy atom. The van der Waals surface area contributed by atoms with E-state index in [-0.39, 0.29) is 5.91 Å². The maximum Gasteiger partial charge on any atom is 0.259 e. The Balaban J connectivity index is 1.90. The van der Waals surface area contributed by atoms with E-state index in [4.69, 9.17) is 50.8 Å². The molecular formula is C18H11Cl4NO2. The van der Waals surface area contributed by atoms with E-state index in [1.807, 2.05) is 0 Å². The largest absolute Gasteiger partial charge is 0.461 e. The molecule has 128 valence electrons. The Morgan fingerprint density at radius 1 is 0.920 bits per heavy atom. The molecule has 1 heterocycles. The van der Waals surface area contributed by atoms with Gasteiger partial charge >= 0.3 is 0 Å². The van der Waals surface area contributed by atoms with E-state index in [1.54, 1.807) is 49.4 Å². The Labute approximate surface area is 164 Å². The molecule has 0 unspecified atom stereocenters. The van der Waals surface area contributed by atoms with Crippen molar-refractivity contribution in [1.29, 1.82) is 0 Å². The first kappa shape index (κ1) is 18.2. The highest BCUT2D eigenvalue weighted by Gasteiger charge is 2.17. The molecule has 0 fully saturated rings. The third-order valence-corrected chi connectivity index (χ3v) is 4.85. The number of rotatable bonds is 3. The fourth-order valence-electron chi connectivity index (χ4n) is 2.28. The van der Waals surface area contributed by atoms with Crippen LogP contribution in [0.1, 0.15) is 16.1 Å². The van der Waals surface area contributed by atoms with E-state index in [1.165, 1.54) is 0 Å². The molecule has 1 aromatic heterocycles. The predicted octanol–water partition coefficient (Wildman–Crippen LogP) is 7.12. The number of anilines is 1. The summed E-state index contributed by atoms with van der Waals surface area (Å²) in [6, 6.07) is 11.6. The minimum atomic E-state index is -0.350. The summed E-state index contributed by atoms with van der Waals surface area (Å²) in [5.74, 6) is 0.631. The standard InChI is InChI=1S/C18H11Cl4NO2/c1-9-12(18(24)23-16-7-11(19)3-5-14(16)21)8-17(25-9)10-2-4-13(20)15(22)6-10/h2-8H,1H3,(H,23,24). The van der Waals surface area contributed by atoms with Gasteiger partial charge in [-0.3, -0.25) is 4.79 Å². The summed E-state index contributed by atoms with van der Waals surface area (Å²) < 4.78 is 5.69. The maximum atomic E-state index is 12.5. The Bertz CT molecular complexity index is 966. The quantitative estimate of drug-likeness (QED) is 0.495. The molecule has 2 aromatic carbocycles. The number of carbonyl (C=O) groups is 1. The zero-order chi connectivity index (χ0) is 18.1. The summed E-state index contributed by atoms with van der Waals surface area (Å²) in [7, 11) is 0. The van der Waals surface area contributed by atoms with Crippen molar-refractivity contribution in [3.05, 3.63) is 73.9 Å². The monoisotopic (exact) mass is 413 g/mol. The lowest BCUT2D eigenvalue weighted by molar-refractivity contribution is 0.102. The lowest BCUT2D eigenvalue weighted by atomic mass is 10.1. The van der Waals surface area contributed by atoms with Crippen LogP contribution in [-0.2, 0) is 0 Å². The molecule has 3 aromatic rings. The number of hydrogen-bond donors (Lipinski definition) is 1. The van der Waals surface area contributed by atoms with E-state index < -0.39 is 0 Å². The number of amides is 1. The molecule has 0 aliphatic rings. The lowest BCUT2D eigenvalue weighted by Crippen LogP contribution is -2.12. The first-order valence-corrected chi connectivity index (χ1v) is 8.68. The zero-order valence-electron chi connectivity index (χ0n) is 12.9. The van der Waals surface area contributed by atoms with Gasteiger partial charge in [0.05, 0.1) is 26.3 Å². The molecule has 0 saturated carbocycles. The molecule has 1 N–H and O–H groups in total. The molecule has 1 amide bonds. The van der Waals surface area contributed by atoms with Gasteiger partial charge in [-0.2, -0.15) is 0 Å². The van der Waals surface area contributed by atoms with Crippen LogP contribution in [0, 0.1) is 6.92 Å². The molecule has 0 aliphatic carbocycles. The van der Waals surface area contributed by atoms with Gasteiger partial charge in [0, 0.05) is 10.6 Å². The summed E-state index contributed by atoms with van der Waals surface area (Å²) in [6.45, 7) is 1.70. The van der Waals surface area contributed by atoms with Gasteiger partial charge in [0.25, 0.3) is 5.91 Å². The van der Waals surface area contributed by atoms with Crippen LogP contribution < -0.4 is 5.32 Å². The van der Waals surface area contributed by atoms with Crippen molar-refractivity contribution in [3.8, 4) is 11.3 Å². The topological polar surface area (TPSA) is 42.2 Å². The Morgan fingerprint density at radius 3 is 2.36 bits per heavy atom. The van der Waals surface area contributed by atoms with Crippen LogP contribution in [0.4, 0.5) is 5.69 Å². The van der Waals surface area contributed by atoms with E-state index >= 15 is 0 Å². The molecule has 0 spiro atoms. The fourth-order valence-corrected chi connectivity index (χ4v) is 2.92. The van der Waals surface area contributed by atoms with Gasteiger partial charge in [-0.05, 0) is 49.4 Å². The molecule has 0 radical (unpaired) electrons. The summed E-state index contributed by atoms with van der Waals surface area (Å²) in [6.07, 6.45) is 0. The number of furan rings is 1. The first-order valence-electron chi connectivity index (χ1n) is 7.17. The van der Waals surface area contributed by atoms with Crippen molar-refractivity contribution in [2.24, 2.45) is 0 Å². The van der Waals surface area contributed by atoms with Crippen molar-refractivity contribution in [2.75, 3.05) is 5.32 Å². The third kappa shape index (κ3) is 3.96. The predicted molar refractivity (Wildman–Crippen MR) is 103 cm³/mol. The van der Waals surface area contributed by atoms with Gasteiger partial charge in [0.15, 0.2) is 0 Å². The SMILES string of the molecule is Cc1oc(-c2ccc(Cl)c(Cl)c2)cc1C(=O)Nc1cc(Cl)ccc1Cl. The van der Waals surface area contributed by atoms with Gasteiger partial charge in [-0.15, -0.1) is 0 Å². The van der Waals surface area contributed by atoms with Crippen LogP contribution in [-0.4, -0.2) is 5.91 Å². The van der Waals surface area contributed by atoms with E-state index in [9.17, 15) is 4.79 Å². The highest BCUT2D eigenvalue weighted by Crippen LogP contribution is 2.32. The average Bonchev–Trinajstić information content (AvgIpc) is 2.95. The maximum absolute atomic E-state index is 12.5. The van der Waals surface area contributed by atoms with Crippen molar-refractivity contribution in [1.82, 2.24) is 0 Å². The number of aryl methyl sites for hydroxylation is 1. The fraction of sp³-hybridized carbons (Fsp3) is 0.0556. The number of nitrogens with one attached hydrogen (secondary N) is 1. The molecule has 3 nitrogen and oxygen atoms in total. The van der Waals surface area contributed by atoms with E-state index in [2.05, 4.69) is 5.32 Å². The molecule has 3 rings (SSSR count). The first-order chi connectivity index (χ1) is 11.8. The number of hydrogen-bond acceptors (Lipinski definition) is 2. The number of benzene rings is 2. The average molecular weight is 415 g/mol. The van der Waals surface area contributed by atoms with Crippen molar-refractivity contribution < 1.29 is 9.21 Å². The molecule has 0 bridgehead atoms. The van der Waals surface area contributed by atoms with Crippen molar-refractivity contribution >= 4 is 58.0 Å². The Hall–Kier alpha value is -1.65. The summed E-state index contributed by atoms with van der Waals surface area (Å²) in [5.41, 5.74) is 1.53. The molecule has 0 atom stereocenters. The van der Waals surface area contributed by atoms with E-state index in [0.29, 0.717) is 42.9 Å². The van der Waals surface area contributed by atoms with Gasteiger partial charge in [-0.1, -0.05) is 46.4 Å². The normalized spacial score (nSPS) is 10.8. The van der Waals surface area contributed by atoms with Crippen LogP contribution in [0.15, 0.2) is 46.9 Å². The van der Waals surface area contributed by atoms with Crippen molar-refractivity contribution in [2.45, 2.75) is 6.92 Å². The van der Waals surface area contributed by atoms with Crippen LogP contribution in [0.25, 0.3) is 11.3 Å². The number of carbonyl (C=O) groups excluding carboxylic acids is 1. The van der Waals surface area contributed by atoms with Gasteiger partial charge in [0.2, 0.25) is 0 Å². The Kier molecular flexibility index (Phi) is 5.30. The van der Waals surface area contributed by atoms with Crippen molar-refractivity contribution in [3.63, 3.8) is 0 Å². The molecule has 7 heteroatoms.